The molecule has 1 aromatic heterocycles. The monoisotopic (exact) mass is 386 g/mol. The highest BCUT2D eigenvalue weighted by molar-refractivity contribution is 6.00. The van der Waals surface area contributed by atoms with Crippen molar-refractivity contribution in [2.75, 3.05) is 17.7 Å². The number of hydrogen-bond donors (Lipinski definition) is 2. The highest BCUT2D eigenvalue weighted by Crippen LogP contribution is 2.22. The number of carbonyl (C=O) groups excluding carboxylic acids is 1. The highest BCUT2D eigenvalue weighted by Gasteiger charge is 2.16. The van der Waals surface area contributed by atoms with Crippen molar-refractivity contribution in [1.29, 1.82) is 0 Å². The van der Waals surface area contributed by atoms with Crippen molar-refractivity contribution in [1.82, 2.24) is 9.78 Å². The molecule has 2 aromatic carbocycles. The number of benzene rings is 2. The molecule has 28 heavy (non-hydrogen) atoms. The Balaban J connectivity index is 1.74. The minimum atomic E-state index is -0.850. The number of nitrogens with zero attached hydrogens (tertiary/aromatic N) is 2. The summed E-state index contributed by atoms with van der Waals surface area (Å²) in [5.41, 5.74) is 2.78. The SMILES string of the molecule is COc1cccc(Cn2nc(C)c(NC(=O)Nc3ccc(F)cc3F)c2C)c1. The van der Waals surface area contributed by atoms with Crippen molar-refractivity contribution >= 4 is 17.4 Å². The summed E-state index contributed by atoms with van der Waals surface area (Å²) in [5.74, 6) is -0.815. The van der Waals surface area contributed by atoms with E-state index in [0.717, 1.165) is 29.1 Å². The van der Waals surface area contributed by atoms with E-state index in [0.29, 0.717) is 24.0 Å². The minimum absolute atomic E-state index is 0.113. The van der Waals surface area contributed by atoms with Crippen LogP contribution in [0.25, 0.3) is 0 Å². The Morgan fingerprint density at radius 1 is 1.14 bits per heavy atom. The van der Waals surface area contributed by atoms with E-state index in [1.54, 1.807) is 18.7 Å². The number of aryl methyl sites for hydroxylation is 1. The molecule has 0 saturated carbocycles. The van der Waals surface area contributed by atoms with Crippen molar-refractivity contribution in [2.24, 2.45) is 0 Å². The van der Waals surface area contributed by atoms with Crippen LogP contribution < -0.4 is 15.4 Å². The van der Waals surface area contributed by atoms with Gasteiger partial charge in [-0.15, -0.1) is 0 Å². The highest BCUT2D eigenvalue weighted by atomic mass is 19.1. The summed E-state index contributed by atoms with van der Waals surface area (Å²) in [5, 5.41) is 9.51. The topological polar surface area (TPSA) is 68.2 Å². The summed E-state index contributed by atoms with van der Waals surface area (Å²) >= 11 is 0. The van der Waals surface area contributed by atoms with Crippen LogP contribution in [0.3, 0.4) is 0 Å². The summed E-state index contributed by atoms with van der Waals surface area (Å²) < 4.78 is 33.7. The maximum Gasteiger partial charge on any atom is 0.323 e. The van der Waals surface area contributed by atoms with E-state index >= 15 is 0 Å². The van der Waals surface area contributed by atoms with Crippen LogP contribution in [0.2, 0.25) is 0 Å². The zero-order valence-corrected chi connectivity index (χ0v) is 15.7. The van der Waals surface area contributed by atoms with Gasteiger partial charge in [0.15, 0.2) is 0 Å². The Labute approximate surface area is 161 Å². The molecule has 3 aromatic rings. The first kappa shape index (κ1) is 19.3. The van der Waals surface area contributed by atoms with Crippen LogP contribution in [0.4, 0.5) is 25.0 Å². The fourth-order valence-corrected chi connectivity index (χ4v) is 2.83. The second kappa shape index (κ2) is 8.08. The fourth-order valence-electron chi connectivity index (χ4n) is 2.83. The van der Waals surface area contributed by atoms with Crippen molar-refractivity contribution < 1.29 is 18.3 Å². The predicted octanol–water partition coefficient (Wildman–Crippen LogP) is 4.48. The second-order valence-corrected chi connectivity index (χ2v) is 6.26. The van der Waals surface area contributed by atoms with E-state index in [-0.39, 0.29) is 5.69 Å². The number of methoxy groups -OCH3 is 1. The van der Waals surface area contributed by atoms with Crippen LogP contribution in [0.1, 0.15) is 17.0 Å². The third kappa shape index (κ3) is 4.28. The van der Waals surface area contributed by atoms with E-state index in [1.165, 1.54) is 0 Å². The molecule has 0 fully saturated rings. The number of urea groups is 1. The predicted molar refractivity (Wildman–Crippen MR) is 103 cm³/mol. The lowest BCUT2D eigenvalue weighted by molar-refractivity contribution is 0.262. The zero-order chi connectivity index (χ0) is 20.3. The Kier molecular flexibility index (Phi) is 5.58. The van der Waals surface area contributed by atoms with Crippen molar-refractivity contribution in [3.8, 4) is 5.75 Å². The van der Waals surface area contributed by atoms with Gasteiger partial charge in [-0.25, -0.2) is 13.6 Å². The van der Waals surface area contributed by atoms with Crippen molar-refractivity contribution in [2.45, 2.75) is 20.4 Å². The van der Waals surface area contributed by atoms with E-state index in [1.807, 2.05) is 31.2 Å². The first-order chi connectivity index (χ1) is 13.4. The third-order valence-corrected chi connectivity index (χ3v) is 4.27. The van der Waals surface area contributed by atoms with Gasteiger partial charge in [0, 0.05) is 6.07 Å². The van der Waals surface area contributed by atoms with Gasteiger partial charge in [-0.1, -0.05) is 12.1 Å². The minimum Gasteiger partial charge on any atom is -0.497 e. The molecule has 1 heterocycles. The van der Waals surface area contributed by atoms with Crippen LogP contribution in [-0.4, -0.2) is 22.9 Å². The molecule has 3 rings (SSSR count). The average molecular weight is 386 g/mol. The van der Waals surface area contributed by atoms with Gasteiger partial charge < -0.3 is 15.4 Å². The summed E-state index contributed by atoms with van der Waals surface area (Å²) in [6.07, 6.45) is 0. The molecular weight excluding hydrogens is 366 g/mol. The number of amides is 2. The normalized spacial score (nSPS) is 10.6. The number of nitrogens with one attached hydrogen (secondary N) is 2. The molecule has 0 aliphatic heterocycles. The molecule has 8 heteroatoms. The Hall–Kier alpha value is -3.42. The summed E-state index contributed by atoms with van der Waals surface area (Å²) in [6, 6.07) is 9.91. The van der Waals surface area contributed by atoms with E-state index in [2.05, 4.69) is 15.7 Å². The van der Waals surface area contributed by atoms with E-state index in [9.17, 15) is 13.6 Å². The summed E-state index contributed by atoms with van der Waals surface area (Å²) in [7, 11) is 1.60. The number of rotatable bonds is 5. The number of hydrogen-bond acceptors (Lipinski definition) is 3. The largest absolute Gasteiger partial charge is 0.497 e. The molecule has 0 bridgehead atoms. The quantitative estimate of drug-likeness (QED) is 0.679. The van der Waals surface area contributed by atoms with Crippen LogP contribution in [0.5, 0.6) is 5.75 Å². The second-order valence-electron chi connectivity index (χ2n) is 6.26. The molecule has 0 atom stereocenters. The molecule has 0 aliphatic rings. The van der Waals surface area contributed by atoms with Gasteiger partial charge in [0.2, 0.25) is 0 Å². The molecule has 0 aliphatic carbocycles. The van der Waals surface area contributed by atoms with Crippen molar-refractivity contribution in [3.05, 3.63) is 71.1 Å². The van der Waals surface area contributed by atoms with Crippen LogP contribution in [0.15, 0.2) is 42.5 Å². The van der Waals surface area contributed by atoms with Crippen molar-refractivity contribution in [3.63, 3.8) is 0 Å². The fraction of sp³-hybridized carbons (Fsp3) is 0.200. The van der Waals surface area contributed by atoms with Crippen LogP contribution in [0, 0.1) is 25.5 Å². The Morgan fingerprint density at radius 3 is 2.64 bits per heavy atom. The zero-order valence-electron chi connectivity index (χ0n) is 15.7. The van der Waals surface area contributed by atoms with Gasteiger partial charge in [0.1, 0.15) is 17.4 Å². The molecule has 0 unspecified atom stereocenters. The third-order valence-electron chi connectivity index (χ3n) is 4.27. The standard InChI is InChI=1S/C20H20F2N4O2/c1-12-19(24-20(27)23-18-8-7-15(21)10-17(18)22)13(2)26(25-12)11-14-5-4-6-16(9-14)28-3/h4-10H,11H2,1-3H3,(H2,23,24,27). The van der Waals surface area contributed by atoms with E-state index < -0.39 is 17.7 Å². The lowest BCUT2D eigenvalue weighted by Gasteiger charge is -2.10. The first-order valence-electron chi connectivity index (χ1n) is 8.57. The number of aromatic nitrogens is 2. The first-order valence-corrected chi connectivity index (χ1v) is 8.57. The smallest absolute Gasteiger partial charge is 0.323 e. The van der Waals surface area contributed by atoms with E-state index in [4.69, 9.17) is 4.74 Å². The molecule has 2 amide bonds. The lowest BCUT2D eigenvalue weighted by Crippen LogP contribution is -2.21. The van der Waals surface area contributed by atoms with Gasteiger partial charge in [0.25, 0.3) is 0 Å². The van der Waals surface area contributed by atoms with Crippen LogP contribution >= 0.6 is 0 Å². The maximum atomic E-state index is 13.7. The van der Waals surface area contributed by atoms with Gasteiger partial charge >= 0.3 is 6.03 Å². The summed E-state index contributed by atoms with van der Waals surface area (Å²) in [4.78, 5) is 12.2. The van der Waals surface area contributed by atoms with Gasteiger partial charge in [-0.05, 0) is 43.7 Å². The lowest BCUT2D eigenvalue weighted by atomic mass is 10.2. The molecule has 0 saturated heterocycles. The summed E-state index contributed by atoms with van der Waals surface area (Å²) in [6.45, 7) is 4.09. The molecule has 146 valence electrons. The molecular formula is C20H20F2N4O2. The molecule has 0 spiro atoms. The molecule has 0 radical (unpaired) electrons. The van der Waals surface area contributed by atoms with Gasteiger partial charge in [-0.2, -0.15) is 5.10 Å². The van der Waals surface area contributed by atoms with Gasteiger partial charge in [-0.3, -0.25) is 4.68 Å². The van der Waals surface area contributed by atoms with Gasteiger partial charge in [0.05, 0.1) is 36.4 Å². The number of halogens is 2. The molecule has 2 N–H and O–H groups in total. The number of anilines is 2. The number of carbonyl (C=O) groups is 1. The number of ether oxygens (including phenoxy) is 1. The Morgan fingerprint density at radius 2 is 1.93 bits per heavy atom. The average Bonchev–Trinajstić information content (AvgIpc) is 2.91. The van der Waals surface area contributed by atoms with Crippen LogP contribution in [-0.2, 0) is 6.54 Å². The maximum absolute atomic E-state index is 13.7. The Bertz CT molecular complexity index is 1020. The molecule has 6 nitrogen and oxygen atoms in total.